The fourth-order valence-corrected chi connectivity index (χ4v) is 0.435. The number of hydrogen-bond donors (Lipinski definition) is 0. The monoisotopic (exact) mass is 145 g/mol. The van der Waals surface area contributed by atoms with Crippen molar-refractivity contribution in [2.75, 3.05) is 6.61 Å². The summed E-state index contributed by atoms with van der Waals surface area (Å²) in [6, 6.07) is 0. The van der Waals surface area contributed by atoms with Gasteiger partial charge in [0.05, 0.1) is 0 Å². The molecule has 2 heteroatoms. The first-order valence-corrected chi connectivity index (χ1v) is 3.20. The Bertz CT molecular complexity index is 184. The van der Waals surface area contributed by atoms with Gasteiger partial charge in [-0.1, -0.05) is 25.4 Å². The van der Waals surface area contributed by atoms with Crippen LogP contribution in [0.3, 0.4) is 0 Å². The van der Waals surface area contributed by atoms with Crippen LogP contribution < -0.4 is 0 Å². The van der Waals surface area contributed by atoms with Gasteiger partial charge in [0.25, 0.3) is 0 Å². The number of carbonyl (C=O) groups is 1. The van der Waals surface area contributed by atoms with Crippen LogP contribution in [0.4, 0.5) is 0 Å². The fraction of sp³-hybridized carbons (Fsp3) is 0.625. The molecule has 0 heterocycles. The lowest BCUT2D eigenvalue weighted by molar-refractivity contribution is -0.139. The molecule has 0 rings (SSSR count). The van der Waals surface area contributed by atoms with Crippen molar-refractivity contribution in [1.29, 1.82) is 0 Å². The quantitative estimate of drug-likeness (QED) is 0.446. The van der Waals surface area contributed by atoms with Gasteiger partial charge < -0.3 is 4.74 Å². The summed E-state index contributed by atoms with van der Waals surface area (Å²) >= 11 is 0. The Morgan fingerprint density at radius 3 is 3.10 bits per heavy atom. The van der Waals surface area contributed by atoms with Crippen molar-refractivity contribution in [2.24, 2.45) is 0 Å². The average Bonchev–Trinajstić information content (AvgIpc) is 1.93. The van der Waals surface area contributed by atoms with Crippen LogP contribution in [0, 0.1) is 0 Å². The fourth-order valence-electron chi connectivity index (χ4n) is 0.435. The first-order valence-electron chi connectivity index (χ1n) is 4.70. The minimum Gasteiger partial charge on any atom is -0.462 e. The summed E-state index contributed by atoms with van der Waals surface area (Å²) in [6.07, 6.45) is 3.99. The lowest BCUT2D eigenvalue weighted by atomic mass is 10.3. The van der Waals surface area contributed by atoms with E-state index in [1.165, 1.54) is 6.92 Å². The Labute approximate surface area is 66.1 Å². The molecule has 0 spiro atoms. The van der Waals surface area contributed by atoms with Crippen molar-refractivity contribution < 1.29 is 13.6 Å². The molecule has 0 unspecified atom stereocenters. The average molecular weight is 145 g/mol. The molecule has 0 atom stereocenters. The summed E-state index contributed by atoms with van der Waals surface area (Å²) in [6.45, 7) is -0.321. The van der Waals surface area contributed by atoms with Gasteiger partial charge in [-0.05, 0) is 6.42 Å². The zero-order chi connectivity index (χ0) is 10.3. The second-order valence-electron chi connectivity index (χ2n) is 1.81. The molecule has 0 fully saturated rings. The van der Waals surface area contributed by atoms with Crippen molar-refractivity contribution >= 4 is 5.97 Å². The molecule has 0 bridgehead atoms. The van der Waals surface area contributed by atoms with Gasteiger partial charge in [-0.2, -0.15) is 0 Å². The molecule has 0 aromatic heterocycles. The number of rotatable bonds is 4. The van der Waals surface area contributed by atoms with E-state index < -0.39 is 6.85 Å². The molecule has 2 nitrogen and oxygen atoms in total. The molecule has 0 aliphatic carbocycles. The van der Waals surface area contributed by atoms with Crippen molar-refractivity contribution in [1.82, 2.24) is 0 Å². The third-order valence-electron chi connectivity index (χ3n) is 0.860. The van der Waals surface area contributed by atoms with E-state index in [0.717, 1.165) is 0 Å². The topological polar surface area (TPSA) is 26.3 Å². The van der Waals surface area contributed by atoms with Crippen LogP contribution in [-0.4, -0.2) is 12.6 Å². The molecule has 0 saturated heterocycles. The van der Waals surface area contributed by atoms with E-state index in [9.17, 15) is 4.79 Å². The first kappa shape index (κ1) is 4.94. The molecular weight excluding hydrogens is 128 g/mol. The zero-order valence-electron chi connectivity index (χ0n) is 9.09. The molecule has 0 aromatic rings. The van der Waals surface area contributed by atoms with Crippen LogP contribution in [0.1, 0.15) is 30.7 Å². The second kappa shape index (κ2) is 6.33. The number of allylic oxidation sites excluding steroid dienone is 1. The van der Waals surface area contributed by atoms with E-state index in [0.29, 0.717) is 6.42 Å². The lowest BCUT2D eigenvalue weighted by Gasteiger charge is -1.93. The molecule has 0 aromatic carbocycles. The third kappa shape index (κ3) is 7.21. The highest BCUT2D eigenvalue weighted by Crippen LogP contribution is 1.88. The van der Waals surface area contributed by atoms with Crippen LogP contribution in [0.2, 0.25) is 0 Å². The maximum atomic E-state index is 10.3. The summed E-state index contributed by atoms with van der Waals surface area (Å²) < 4.78 is 25.3. The first-order chi connectivity index (χ1) is 5.92. The number of carbonyl (C=O) groups excluding carboxylic acids is 1. The Morgan fingerprint density at radius 2 is 2.50 bits per heavy atom. The third-order valence-corrected chi connectivity index (χ3v) is 0.860. The van der Waals surface area contributed by atoms with Gasteiger partial charge in [0.1, 0.15) is 6.61 Å². The summed E-state index contributed by atoms with van der Waals surface area (Å²) in [5, 5.41) is 0. The van der Waals surface area contributed by atoms with Crippen LogP contribution in [0.5, 0.6) is 0 Å². The number of hydrogen-bond acceptors (Lipinski definition) is 2. The van der Waals surface area contributed by atoms with Crippen molar-refractivity contribution in [2.45, 2.75) is 26.6 Å². The Hall–Kier alpha value is -0.790. The van der Waals surface area contributed by atoms with Gasteiger partial charge in [-0.15, -0.1) is 0 Å². The molecule has 0 saturated carbocycles. The Balaban J connectivity index is 3.38. The number of ether oxygens (including phenoxy) is 1. The zero-order valence-corrected chi connectivity index (χ0v) is 6.09. The van der Waals surface area contributed by atoms with E-state index >= 15 is 0 Å². The van der Waals surface area contributed by atoms with Crippen LogP contribution in [0.25, 0.3) is 0 Å². The second-order valence-corrected chi connectivity index (χ2v) is 1.81. The molecule has 0 N–H and O–H groups in total. The van der Waals surface area contributed by atoms with Crippen LogP contribution >= 0.6 is 0 Å². The SMILES string of the molecule is [2H]C([2H])([2H])CC/C=C/COC(C)=O. The van der Waals surface area contributed by atoms with E-state index in [-0.39, 0.29) is 19.0 Å². The lowest BCUT2D eigenvalue weighted by Crippen LogP contribution is -1.97. The predicted octanol–water partition coefficient (Wildman–Crippen LogP) is 1.91. The maximum Gasteiger partial charge on any atom is 0.302 e. The molecule has 10 heavy (non-hydrogen) atoms. The highest BCUT2D eigenvalue weighted by atomic mass is 16.5. The largest absolute Gasteiger partial charge is 0.462 e. The van der Waals surface area contributed by atoms with E-state index in [2.05, 4.69) is 4.74 Å². The smallest absolute Gasteiger partial charge is 0.302 e. The summed E-state index contributed by atoms with van der Waals surface area (Å²) in [4.78, 5) is 10.3. The van der Waals surface area contributed by atoms with Crippen molar-refractivity contribution in [3.05, 3.63) is 12.2 Å². The van der Waals surface area contributed by atoms with Gasteiger partial charge >= 0.3 is 5.97 Å². The normalized spacial score (nSPS) is 15.9. The molecule has 0 aliphatic rings. The van der Waals surface area contributed by atoms with Crippen LogP contribution in [0.15, 0.2) is 12.2 Å². The Kier molecular flexibility index (Phi) is 3.13. The van der Waals surface area contributed by atoms with Gasteiger partial charge in [0.2, 0.25) is 0 Å². The van der Waals surface area contributed by atoms with Gasteiger partial charge in [0.15, 0.2) is 0 Å². The summed E-state index contributed by atoms with van der Waals surface area (Å²) in [7, 11) is 0. The molecule has 0 amide bonds. The van der Waals surface area contributed by atoms with Gasteiger partial charge in [-0.25, -0.2) is 0 Å². The van der Waals surface area contributed by atoms with E-state index in [1.807, 2.05) is 0 Å². The maximum absolute atomic E-state index is 10.3. The highest BCUT2D eigenvalue weighted by Gasteiger charge is 1.85. The summed E-state index contributed by atoms with van der Waals surface area (Å²) in [5.41, 5.74) is 0. The molecule has 0 aliphatic heterocycles. The molecule has 58 valence electrons. The van der Waals surface area contributed by atoms with Crippen molar-refractivity contribution in [3.8, 4) is 0 Å². The van der Waals surface area contributed by atoms with E-state index in [4.69, 9.17) is 4.11 Å². The predicted molar refractivity (Wildman–Crippen MR) is 40.7 cm³/mol. The number of esters is 1. The standard InChI is InChI=1S/C8H14O2/c1-3-4-5-6-7-10-8(2)9/h5-6H,3-4,7H2,1-2H3/b6-5+/i1D3. The molecular formula is C8H14O2. The van der Waals surface area contributed by atoms with Crippen molar-refractivity contribution in [3.63, 3.8) is 0 Å². The minimum atomic E-state index is -1.87. The van der Waals surface area contributed by atoms with E-state index in [1.54, 1.807) is 12.2 Å². The van der Waals surface area contributed by atoms with Gasteiger partial charge in [0, 0.05) is 11.0 Å². The minimum absolute atomic E-state index is 0.156. The summed E-state index contributed by atoms with van der Waals surface area (Å²) in [5.74, 6) is -0.333. The van der Waals surface area contributed by atoms with Crippen LogP contribution in [-0.2, 0) is 9.53 Å². The van der Waals surface area contributed by atoms with Gasteiger partial charge in [-0.3, -0.25) is 4.79 Å². The molecule has 0 radical (unpaired) electrons. The Morgan fingerprint density at radius 1 is 1.70 bits per heavy atom. The highest BCUT2D eigenvalue weighted by molar-refractivity contribution is 5.65.